The molecule has 3 N–H and O–H groups in total. The Morgan fingerprint density at radius 3 is 2.24 bits per heavy atom. The zero-order valence-corrected chi connectivity index (χ0v) is 12.3. The molecule has 2 aliphatic rings. The Bertz CT molecular complexity index is 417. The number of carbonyl (C=O) groups excluding carboxylic acids is 1. The molecular weight excluding hydrogens is 278 g/mol. The molecule has 2 heterocycles. The van der Waals surface area contributed by atoms with Crippen molar-refractivity contribution in [1.29, 1.82) is 0 Å². The summed E-state index contributed by atoms with van der Waals surface area (Å²) in [6, 6.07) is -1.55. The summed E-state index contributed by atoms with van der Waals surface area (Å²) in [7, 11) is 3.76. The highest BCUT2D eigenvalue weighted by molar-refractivity contribution is 5.84. The van der Waals surface area contributed by atoms with E-state index in [0.29, 0.717) is 13.0 Å². The average molecular weight is 301 g/mol. The van der Waals surface area contributed by atoms with Crippen LogP contribution in [0.15, 0.2) is 0 Å². The number of nitrogens with zero attached hydrogens (tertiary/aromatic N) is 3. The van der Waals surface area contributed by atoms with Crippen LogP contribution in [0, 0.1) is 0 Å². The van der Waals surface area contributed by atoms with Gasteiger partial charge in [0, 0.05) is 32.1 Å². The first-order valence-corrected chi connectivity index (χ1v) is 7.10. The number of aliphatic hydroxyl groups is 2. The van der Waals surface area contributed by atoms with E-state index in [1.807, 2.05) is 19.0 Å². The molecule has 0 aromatic rings. The third kappa shape index (κ3) is 3.45. The van der Waals surface area contributed by atoms with Crippen LogP contribution < -0.4 is 0 Å². The Hall–Kier alpha value is -1.38. The molecule has 2 amide bonds. The lowest BCUT2D eigenvalue weighted by Crippen LogP contribution is -2.51. The summed E-state index contributed by atoms with van der Waals surface area (Å²) < 4.78 is 0. The molecule has 0 aromatic heterocycles. The Morgan fingerprint density at radius 2 is 1.67 bits per heavy atom. The van der Waals surface area contributed by atoms with Gasteiger partial charge in [0.05, 0.1) is 12.2 Å². The first-order valence-electron chi connectivity index (χ1n) is 7.10. The molecule has 4 atom stereocenters. The van der Waals surface area contributed by atoms with Crippen molar-refractivity contribution in [3.05, 3.63) is 0 Å². The Balaban J connectivity index is 2.11. The number of rotatable bonds is 3. The molecule has 8 heteroatoms. The zero-order chi connectivity index (χ0) is 15.7. The van der Waals surface area contributed by atoms with Crippen molar-refractivity contribution in [2.45, 2.75) is 37.1 Å². The van der Waals surface area contributed by atoms with Gasteiger partial charge in [-0.05, 0) is 20.5 Å². The van der Waals surface area contributed by atoms with Crippen molar-refractivity contribution in [3.63, 3.8) is 0 Å². The first kappa shape index (κ1) is 16.0. The van der Waals surface area contributed by atoms with Crippen LogP contribution in [-0.2, 0) is 4.79 Å². The lowest BCUT2D eigenvalue weighted by atomic mass is 10.2. The molecule has 0 spiro atoms. The largest absolute Gasteiger partial charge is 0.480 e. The van der Waals surface area contributed by atoms with Gasteiger partial charge in [-0.25, -0.2) is 9.59 Å². The van der Waals surface area contributed by atoms with Crippen LogP contribution in [0.5, 0.6) is 0 Å². The SMILES string of the molecule is CN(C)CC1CC(O)CN1C(=O)N1C[C@H](O)C[C@@H]1C(=O)O. The van der Waals surface area contributed by atoms with Crippen LogP contribution in [0.25, 0.3) is 0 Å². The van der Waals surface area contributed by atoms with Gasteiger partial charge in [-0.2, -0.15) is 0 Å². The third-order valence-corrected chi connectivity index (χ3v) is 4.02. The molecule has 0 bridgehead atoms. The van der Waals surface area contributed by atoms with E-state index in [-0.39, 0.29) is 25.6 Å². The quantitative estimate of drug-likeness (QED) is 0.594. The minimum atomic E-state index is -1.11. The van der Waals surface area contributed by atoms with E-state index in [0.717, 1.165) is 0 Å². The summed E-state index contributed by atoms with van der Waals surface area (Å²) in [4.78, 5) is 28.5. The van der Waals surface area contributed by atoms with Gasteiger partial charge in [-0.15, -0.1) is 0 Å². The Labute approximate surface area is 123 Å². The van der Waals surface area contributed by atoms with Crippen LogP contribution in [-0.4, -0.2) is 100 Å². The predicted octanol–water partition coefficient (Wildman–Crippen LogP) is -1.38. The van der Waals surface area contributed by atoms with Gasteiger partial charge < -0.3 is 30.0 Å². The van der Waals surface area contributed by atoms with E-state index in [9.17, 15) is 24.9 Å². The van der Waals surface area contributed by atoms with Crippen molar-refractivity contribution in [3.8, 4) is 0 Å². The number of likely N-dealkylation sites (N-methyl/N-ethyl adjacent to an activating group) is 1. The van der Waals surface area contributed by atoms with Crippen molar-refractivity contribution >= 4 is 12.0 Å². The summed E-state index contributed by atoms with van der Waals surface area (Å²) >= 11 is 0. The second-order valence-electron chi connectivity index (χ2n) is 6.14. The number of hydrogen-bond acceptors (Lipinski definition) is 5. The molecule has 0 saturated carbocycles. The summed E-state index contributed by atoms with van der Waals surface area (Å²) in [5, 5.41) is 28.6. The highest BCUT2D eigenvalue weighted by Crippen LogP contribution is 2.25. The van der Waals surface area contributed by atoms with E-state index in [4.69, 9.17) is 0 Å². The fraction of sp³-hybridized carbons (Fsp3) is 0.846. The molecule has 0 radical (unpaired) electrons. The predicted molar refractivity (Wildman–Crippen MR) is 73.8 cm³/mol. The smallest absolute Gasteiger partial charge is 0.326 e. The maximum absolute atomic E-state index is 12.6. The van der Waals surface area contributed by atoms with E-state index in [1.54, 1.807) is 0 Å². The van der Waals surface area contributed by atoms with Crippen molar-refractivity contribution in [2.24, 2.45) is 0 Å². The monoisotopic (exact) mass is 301 g/mol. The normalized spacial score (nSPS) is 33.0. The molecule has 0 aromatic carbocycles. The summed E-state index contributed by atoms with van der Waals surface area (Å²) in [6.07, 6.45) is -0.863. The minimum absolute atomic E-state index is 0.0249. The number of carboxylic acids is 1. The summed E-state index contributed by atoms with van der Waals surface area (Å²) in [6.45, 7) is 0.838. The maximum Gasteiger partial charge on any atom is 0.326 e. The third-order valence-electron chi connectivity index (χ3n) is 4.02. The van der Waals surface area contributed by atoms with E-state index < -0.39 is 30.3 Å². The Morgan fingerprint density at radius 1 is 1.10 bits per heavy atom. The fourth-order valence-electron chi connectivity index (χ4n) is 3.15. The number of carbonyl (C=O) groups is 2. The van der Waals surface area contributed by atoms with Gasteiger partial charge in [0.2, 0.25) is 0 Å². The standard InChI is InChI=1S/C13H23N3O5/c1-14(2)5-8-3-9(17)6-15(8)13(21)16-7-10(18)4-11(16)12(19)20/h8-11,17-18H,3-7H2,1-2H3,(H,19,20)/t8?,9?,10-,11-/m1/s1. The van der Waals surface area contributed by atoms with Gasteiger partial charge in [-0.3, -0.25) is 0 Å². The molecule has 0 aliphatic carbocycles. The van der Waals surface area contributed by atoms with E-state index in [2.05, 4.69) is 0 Å². The molecule has 21 heavy (non-hydrogen) atoms. The molecule has 8 nitrogen and oxygen atoms in total. The van der Waals surface area contributed by atoms with Crippen LogP contribution in [0.1, 0.15) is 12.8 Å². The van der Waals surface area contributed by atoms with Gasteiger partial charge in [0.15, 0.2) is 0 Å². The van der Waals surface area contributed by atoms with Gasteiger partial charge in [0.1, 0.15) is 6.04 Å². The molecule has 2 unspecified atom stereocenters. The summed E-state index contributed by atoms with van der Waals surface area (Å²) in [5.74, 6) is -1.11. The van der Waals surface area contributed by atoms with Crippen molar-refractivity contribution < 1.29 is 24.9 Å². The van der Waals surface area contributed by atoms with E-state index in [1.165, 1.54) is 9.80 Å². The molecule has 2 fully saturated rings. The first-order chi connectivity index (χ1) is 9.79. The lowest BCUT2D eigenvalue weighted by Gasteiger charge is -2.32. The number of amides is 2. The van der Waals surface area contributed by atoms with Crippen LogP contribution in [0.3, 0.4) is 0 Å². The van der Waals surface area contributed by atoms with Gasteiger partial charge in [-0.1, -0.05) is 0 Å². The molecule has 2 saturated heterocycles. The summed E-state index contributed by atoms with van der Waals surface area (Å²) in [5.41, 5.74) is 0. The van der Waals surface area contributed by atoms with Crippen molar-refractivity contribution in [1.82, 2.24) is 14.7 Å². The van der Waals surface area contributed by atoms with E-state index >= 15 is 0 Å². The maximum atomic E-state index is 12.6. The molecular formula is C13H23N3O5. The molecule has 2 aliphatic heterocycles. The van der Waals surface area contributed by atoms with Crippen LogP contribution >= 0.6 is 0 Å². The minimum Gasteiger partial charge on any atom is -0.480 e. The number of aliphatic carboxylic acids is 1. The van der Waals surface area contributed by atoms with Crippen molar-refractivity contribution in [2.75, 3.05) is 33.7 Å². The number of likely N-dealkylation sites (tertiary alicyclic amines) is 2. The number of hydrogen-bond donors (Lipinski definition) is 3. The van der Waals surface area contributed by atoms with Gasteiger partial charge >= 0.3 is 12.0 Å². The highest BCUT2D eigenvalue weighted by Gasteiger charge is 2.44. The Kier molecular flexibility index (Phi) is 4.70. The molecule has 2 rings (SSSR count). The second-order valence-corrected chi connectivity index (χ2v) is 6.14. The number of aliphatic hydroxyl groups excluding tert-OH is 2. The topological polar surface area (TPSA) is 105 Å². The van der Waals surface area contributed by atoms with Crippen LogP contribution in [0.4, 0.5) is 4.79 Å². The number of β-amino-alcohol motifs (C(OH)–C–C–N with tert-alkyl or cyclic N) is 2. The zero-order valence-electron chi connectivity index (χ0n) is 12.3. The second kappa shape index (κ2) is 6.17. The highest BCUT2D eigenvalue weighted by atomic mass is 16.4. The van der Waals surface area contributed by atoms with Gasteiger partial charge in [0.25, 0.3) is 0 Å². The number of urea groups is 1. The lowest BCUT2D eigenvalue weighted by molar-refractivity contribution is -0.141. The molecule has 120 valence electrons. The number of carboxylic acid groups (broad SMARTS) is 1. The average Bonchev–Trinajstić information content (AvgIpc) is 2.91. The fourth-order valence-corrected chi connectivity index (χ4v) is 3.15. The van der Waals surface area contributed by atoms with Crippen LogP contribution in [0.2, 0.25) is 0 Å².